The van der Waals surface area contributed by atoms with Gasteiger partial charge in [-0.25, -0.2) is 9.97 Å². The predicted molar refractivity (Wildman–Crippen MR) is 56.5 cm³/mol. The molecule has 0 bridgehead atoms. The summed E-state index contributed by atoms with van der Waals surface area (Å²) in [5.74, 6) is 0.995. The Kier molecular flexibility index (Phi) is 1.92. The second-order valence-electron chi connectivity index (χ2n) is 3.17. The van der Waals surface area contributed by atoms with Crippen molar-refractivity contribution in [2.24, 2.45) is 0 Å². The third-order valence-corrected chi connectivity index (χ3v) is 2.81. The summed E-state index contributed by atoms with van der Waals surface area (Å²) in [5, 5.41) is 1.15. The molecule has 0 radical (unpaired) electrons. The van der Waals surface area contributed by atoms with Crippen molar-refractivity contribution in [2.75, 3.05) is 19.0 Å². The predicted octanol–water partition coefficient (Wildman–Crippen LogP) is 2.07. The Hall–Kier alpha value is -1.16. The topological polar surface area (TPSA) is 29.0 Å². The fourth-order valence-electron chi connectivity index (χ4n) is 1.32. The first-order valence-electron chi connectivity index (χ1n) is 4.07. The quantitative estimate of drug-likeness (QED) is 0.694. The SMILES string of the molecule is Cc1cc2c(N(C)C)ncnc2s1. The Balaban J connectivity index is 2.75. The molecule has 0 N–H and O–H groups in total. The van der Waals surface area contributed by atoms with E-state index in [0.29, 0.717) is 0 Å². The largest absolute Gasteiger partial charge is 0.362 e. The fourth-order valence-corrected chi connectivity index (χ4v) is 2.16. The van der Waals surface area contributed by atoms with Gasteiger partial charge in [0.1, 0.15) is 17.0 Å². The number of aryl methyl sites for hydroxylation is 1. The van der Waals surface area contributed by atoms with Crippen LogP contribution in [0.5, 0.6) is 0 Å². The number of hydrogen-bond donors (Lipinski definition) is 0. The highest BCUT2D eigenvalue weighted by Gasteiger charge is 2.07. The summed E-state index contributed by atoms with van der Waals surface area (Å²) >= 11 is 1.71. The molecule has 0 amide bonds. The number of aromatic nitrogens is 2. The lowest BCUT2D eigenvalue weighted by molar-refractivity contribution is 1.06. The van der Waals surface area contributed by atoms with E-state index in [-0.39, 0.29) is 0 Å². The minimum atomic E-state index is 0.995. The lowest BCUT2D eigenvalue weighted by Gasteiger charge is -2.10. The zero-order valence-electron chi connectivity index (χ0n) is 7.90. The summed E-state index contributed by atoms with van der Waals surface area (Å²) < 4.78 is 0. The number of hydrogen-bond acceptors (Lipinski definition) is 4. The maximum atomic E-state index is 4.24. The van der Waals surface area contributed by atoms with Crippen LogP contribution < -0.4 is 4.90 Å². The van der Waals surface area contributed by atoms with Gasteiger partial charge in [-0.05, 0) is 13.0 Å². The Morgan fingerprint density at radius 2 is 2.08 bits per heavy atom. The number of rotatable bonds is 1. The van der Waals surface area contributed by atoms with Crippen molar-refractivity contribution < 1.29 is 0 Å². The minimum absolute atomic E-state index is 0.995. The number of anilines is 1. The molecular weight excluding hydrogens is 182 g/mol. The Bertz CT molecular complexity index is 433. The Morgan fingerprint density at radius 1 is 1.31 bits per heavy atom. The molecule has 3 nitrogen and oxygen atoms in total. The zero-order valence-corrected chi connectivity index (χ0v) is 8.72. The van der Waals surface area contributed by atoms with Crippen molar-refractivity contribution in [3.8, 4) is 0 Å². The fraction of sp³-hybridized carbons (Fsp3) is 0.333. The average Bonchev–Trinajstić information content (AvgIpc) is 2.43. The van der Waals surface area contributed by atoms with E-state index in [1.807, 2.05) is 19.0 Å². The van der Waals surface area contributed by atoms with Crippen LogP contribution in [0, 0.1) is 6.92 Å². The molecule has 0 saturated heterocycles. The molecule has 0 unspecified atom stereocenters. The molecule has 0 aliphatic heterocycles. The minimum Gasteiger partial charge on any atom is -0.362 e. The molecule has 2 heterocycles. The van der Waals surface area contributed by atoms with Crippen molar-refractivity contribution in [1.82, 2.24) is 9.97 Å². The van der Waals surface area contributed by atoms with E-state index in [1.165, 1.54) is 4.88 Å². The molecule has 0 saturated carbocycles. The lowest BCUT2D eigenvalue weighted by atomic mass is 10.3. The first kappa shape index (κ1) is 8.44. The first-order chi connectivity index (χ1) is 6.18. The van der Waals surface area contributed by atoms with Gasteiger partial charge in [-0.1, -0.05) is 0 Å². The zero-order chi connectivity index (χ0) is 9.42. The van der Waals surface area contributed by atoms with Crippen LogP contribution in [0.15, 0.2) is 12.4 Å². The van der Waals surface area contributed by atoms with Gasteiger partial charge < -0.3 is 4.90 Å². The maximum Gasteiger partial charge on any atom is 0.140 e. The van der Waals surface area contributed by atoms with E-state index >= 15 is 0 Å². The van der Waals surface area contributed by atoms with Crippen LogP contribution in [-0.2, 0) is 0 Å². The molecule has 2 rings (SSSR count). The van der Waals surface area contributed by atoms with Crippen LogP contribution in [0.2, 0.25) is 0 Å². The Morgan fingerprint density at radius 3 is 2.77 bits per heavy atom. The summed E-state index contributed by atoms with van der Waals surface area (Å²) in [6.45, 7) is 2.09. The smallest absolute Gasteiger partial charge is 0.140 e. The van der Waals surface area contributed by atoms with Crippen LogP contribution in [0.1, 0.15) is 4.88 Å². The van der Waals surface area contributed by atoms with Crippen LogP contribution in [0.3, 0.4) is 0 Å². The highest BCUT2D eigenvalue weighted by molar-refractivity contribution is 7.18. The van der Waals surface area contributed by atoms with Crippen LogP contribution >= 0.6 is 11.3 Å². The summed E-state index contributed by atoms with van der Waals surface area (Å²) in [7, 11) is 3.99. The highest BCUT2D eigenvalue weighted by atomic mass is 32.1. The van der Waals surface area contributed by atoms with Gasteiger partial charge >= 0.3 is 0 Å². The first-order valence-corrected chi connectivity index (χ1v) is 4.88. The van der Waals surface area contributed by atoms with Crippen LogP contribution in [0.4, 0.5) is 5.82 Å². The van der Waals surface area contributed by atoms with Gasteiger partial charge in [-0.3, -0.25) is 0 Å². The van der Waals surface area contributed by atoms with E-state index in [9.17, 15) is 0 Å². The van der Waals surface area contributed by atoms with E-state index in [4.69, 9.17) is 0 Å². The van der Waals surface area contributed by atoms with E-state index in [2.05, 4.69) is 23.0 Å². The van der Waals surface area contributed by atoms with Crippen molar-refractivity contribution in [2.45, 2.75) is 6.92 Å². The van der Waals surface area contributed by atoms with Crippen LogP contribution in [0.25, 0.3) is 10.2 Å². The molecule has 0 aliphatic rings. The van der Waals surface area contributed by atoms with Crippen molar-refractivity contribution >= 4 is 27.4 Å². The van der Waals surface area contributed by atoms with Crippen molar-refractivity contribution in [3.05, 3.63) is 17.3 Å². The molecule has 68 valence electrons. The molecule has 0 fully saturated rings. The molecule has 2 aromatic rings. The highest BCUT2D eigenvalue weighted by Crippen LogP contribution is 2.28. The summed E-state index contributed by atoms with van der Waals surface area (Å²) in [6, 6.07) is 2.13. The molecule has 0 aliphatic carbocycles. The molecule has 4 heteroatoms. The average molecular weight is 193 g/mol. The number of fused-ring (bicyclic) bond motifs is 1. The maximum absolute atomic E-state index is 4.24. The summed E-state index contributed by atoms with van der Waals surface area (Å²) in [5.41, 5.74) is 0. The molecule has 0 atom stereocenters. The van der Waals surface area contributed by atoms with Gasteiger partial charge in [0.2, 0.25) is 0 Å². The van der Waals surface area contributed by atoms with E-state index < -0.39 is 0 Å². The van der Waals surface area contributed by atoms with E-state index in [1.54, 1.807) is 17.7 Å². The second-order valence-corrected chi connectivity index (χ2v) is 4.40. The monoisotopic (exact) mass is 193 g/mol. The summed E-state index contributed by atoms with van der Waals surface area (Å²) in [4.78, 5) is 12.8. The molecular formula is C9H11N3S. The van der Waals surface area contributed by atoms with Gasteiger partial charge in [-0.2, -0.15) is 0 Å². The van der Waals surface area contributed by atoms with Gasteiger partial charge in [0, 0.05) is 19.0 Å². The van der Waals surface area contributed by atoms with Crippen molar-refractivity contribution in [1.29, 1.82) is 0 Å². The standard InChI is InChI=1S/C9H11N3S/c1-6-4-7-8(12(2)3)10-5-11-9(7)13-6/h4-5H,1-3H3. The van der Waals surface area contributed by atoms with Gasteiger partial charge in [-0.15, -0.1) is 11.3 Å². The van der Waals surface area contributed by atoms with E-state index in [0.717, 1.165) is 16.0 Å². The van der Waals surface area contributed by atoms with Gasteiger partial charge in [0.05, 0.1) is 5.39 Å². The summed E-state index contributed by atoms with van der Waals surface area (Å²) in [6.07, 6.45) is 1.62. The van der Waals surface area contributed by atoms with Gasteiger partial charge in [0.25, 0.3) is 0 Å². The number of thiophene rings is 1. The Labute approximate surface area is 81.0 Å². The third-order valence-electron chi connectivity index (χ3n) is 1.86. The molecule has 2 aromatic heterocycles. The van der Waals surface area contributed by atoms with Gasteiger partial charge in [0.15, 0.2) is 0 Å². The normalized spacial score (nSPS) is 10.7. The molecule has 0 spiro atoms. The second kappa shape index (κ2) is 2.96. The molecule has 13 heavy (non-hydrogen) atoms. The van der Waals surface area contributed by atoms with Crippen molar-refractivity contribution in [3.63, 3.8) is 0 Å². The number of nitrogens with zero attached hydrogens (tertiary/aromatic N) is 3. The lowest BCUT2D eigenvalue weighted by Crippen LogP contribution is -2.10. The third kappa shape index (κ3) is 1.37. The molecule has 0 aromatic carbocycles. The van der Waals surface area contributed by atoms with Crippen LogP contribution in [-0.4, -0.2) is 24.1 Å².